The van der Waals surface area contributed by atoms with E-state index >= 15 is 0 Å². The molecule has 6 heteroatoms. The Kier molecular flexibility index (Phi) is 7.79. The summed E-state index contributed by atoms with van der Waals surface area (Å²) in [7, 11) is 0. The van der Waals surface area contributed by atoms with E-state index in [-0.39, 0.29) is 18.4 Å². The van der Waals surface area contributed by atoms with Gasteiger partial charge in [-0.05, 0) is 41.1 Å². The molecule has 0 radical (unpaired) electrons. The van der Waals surface area contributed by atoms with Crippen molar-refractivity contribution in [2.75, 3.05) is 32.8 Å². The number of halogens is 2. The molecule has 0 unspecified atom stereocenters. The van der Waals surface area contributed by atoms with Gasteiger partial charge >= 0.3 is 5.97 Å². The topological polar surface area (TPSA) is 41.6 Å². The molecule has 20 heavy (non-hydrogen) atoms. The third-order valence-electron chi connectivity index (χ3n) is 3.18. The van der Waals surface area contributed by atoms with Crippen LogP contribution in [0.15, 0.2) is 18.2 Å². The zero-order valence-electron chi connectivity index (χ0n) is 11.5. The van der Waals surface area contributed by atoms with E-state index in [9.17, 15) is 4.79 Å². The fourth-order valence-electron chi connectivity index (χ4n) is 2.18. The SMILES string of the molecule is CCOC(=O)c1cccc(CN2CCNCC2)c1I.Cl. The number of nitrogens with one attached hydrogen (secondary N) is 1. The van der Waals surface area contributed by atoms with Gasteiger partial charge in [0.1, 0.15) is 0 Å². The summed E-state index contributed by atoms with van der Waals surface area (Å²) in [6.07, 6.45) is 0. The van der Waals surface area contributed by atoms with Crippen LogP contribution >= 0.6 is 35.0 Å². The molecular weight excluding hydrogens is 391 g/mol. The van der Waals surface area contributed by atoms with Crippen molar-refractivity contribution >= 4 is 41.0 Å². The number of ether oxygens (including phenoxy) is 1. The molecule has 0 saturated carbocycles. The number of hydrogen-bond acceptors (Lipinski definition) is 4. The second kappa shape index (κ2) is 8.81. The Morgan fingerprint density at radius 3 is 2.75 bits per heavy atom. The van der Waals surface area contributed by atoms with E-state index in [4.69, 9.17) is 4.74 Å². The summed E-state index contributed by atoms with van der Waals surface area (Å²) in [6, 6.07) is 5.86. The molecule has 1 N–H and O–H groups in total. The standard InChI is InChI=1S/C14H19IN2O2.ClH/c1-2-19-14(18)12-5-3-4-11(13(12)15)10-17-8-6-16-7-9-17;/h3-5,16H,2,6-10H2,1H3;1H. The van der Waals surface area contributed by atoms with Crippen LogP contribution in [-0.2, 0) is 11.3 Å². The van der Waals surface area contributed by atoms with Crippen molar-refractivity contribution in [3.63, 3.8) is 0 Å². The van der Waals surface area contributed by atoms with Gasteiger partial charge in [0.2, 0.25) is 0 Å². The van der Waals surface area contributed by atoms with E-state index < -0.39 is 0 Å². The van der Waals surface area contributed by atoms with Crippen LogP contribution in [0.25, 0.3) is 0 Å². The van der Waals surface area contributed by atoms with Gasteiger partial charge in [-0.15, -0.1) is 12.4 Å². The maximum Gasteiger partial charge on any atom is 0.339 e. The molecule has 1 aromatic rings. The Hall–Kier alpha value is -0.370. The minimum Gasteiger partial charge on any atom is -0.462 e. The minimum absolute atomic E-state index is 0. The highest BCUT2D eigenvalue weighted by molar-refractivity contribution is 14.1. The molecule has 0 bridgehead atoms. The molecule has 0 amide bonds. The van der Waals surface area contributed by atoms with E-state index in [1.165, 1.54) is 5.56 Å². The molecule has 1 fully saturated rings. The summed E-state index contributed by atoms with van der Waals surface area (Å²) in [5.74, 6) is -0.228. The molecule has 1 aliphatic heterocycles. The van der Waals surface area contributed by atoms with Crippen LogP contribution < -0.4 is 5.32 Å². The fourth-order valence-corrected chi connectivity index (χ4v) is 2.93. The van der Waals surface area contributed by atoms with Gasteiger partial charge in [0.15, 0.2) is 0 Å². The second-order valence-corrected chi connectivity index (χ2v) is 5.60. The lowest BCUT2D eigenvalue weighted by atomic mass is 10.1. The van der Waals surface area contributed by atoms with Crippen molar-refractivity contribution in [1.82, 2.24) is 10.2 Å². The first kappa shape index (κ1) is 17.7. The van der Waals surface area contributed by atoms with Crippen LogP contribution in [0.3, 0.4) is 0 Å². The molecule has 4 nitrogen and oxygen atoms in total. The molecule has 0 aromatic heterocycles. The minimum atomic E-state index is -0.228. The van der Waals surface area contributed by atoms with Crippen molar-refractivity contribution in [3.8, 4) is 0 Å². The molecule has 1 aromatic carbocycles. The Bertz CT molecular complexity index is 451. The summed E-state index contributed by atoms with van der Waals surface area (Å²) in [5, 5.41) is 3.34. The van der Waals surface area contributed by atoms with Crippen LogP contribution in [0, 0.1) is 3.57 Å². The highest BCUT2D eigenvalue weighted by atomic mass is 127. The molecule has 1 aliphatic rings. The average Bonchev–Trinajstić information content (AvgIpc) is 2.42. The van der Waals surface area contributed by atoms with Crippen molar-refractivity contribution in [2.24, 2.45) is 0 Å². The molecule has 2 rings (SSSR count). The molecule has 0 spiro atoms. The van der Waals surface area contributed by atoms with Crippen molar-refractivity contribution in [2.45, 2.75) is 13.5 Å². The lowest BCUT2D eigenvalue weighted by Crippen LogP contribution is -2.43. The van der Waals surface area contributed by atoms with Crippen molar-refractivity contribution in [1.29, 1.82) is 0 Å². The third kappa shape index (κ3) is 4.58. The van der Waals surface area contributed by atoms with Crippen molar-refractivity contribution in [3.05, 3.63) is 32.9 Å². The number of carbonyl (C=O) groups is 1. The summed E-state index contributed by atoms with van der Waals surface area (Å²) >= 11 is 2.25. The smallest absolute Gasteiger partial charge is 0.339 e. The van der Waals surface area contributed by atoms with E-state index in [2.05, 4.69) is 38.9 Å². The molecule has 1 heterocycles. The third-order valence-corrected chi connectivity index (χ3v) is 4.45. The van der Waals surface area contributed by atoms with Gasteiger partial charge in [0.05, 0.1) is 12.2 Å². The Labute approximate surface area is 139 Å². The maximum absolute atomic E-state index is 11.9. The van der Waals surface area contributed by atoms with Crippen LogP contribution in [-0.4, -0.2) is 43.7 Å². The predicted molar refractivity (Wildman–Crippen MR) is 90.5 cm³/mol. The molecular formula is C14H20ClIN2O2. The van der Waals surface area contributed by atoms with Gasteiger partial charge in [-0.2, -0.15) is 0 Å². The van der Waals surface area contributed by atoms with Gasteiger partial charge in [0.25, 0.3) is 0 Å². The first-order valence-corrected chi connectivity index (χ1v) is 7.68. The largest absolute Gasteiger partial charge is 0.462 e. The highest BCUT2D eigenvalue weighted by Crippen LogP contribution is 2.20. The summed E-state index contributed by atoms with van der Waals surface area (Å²) in [5.41, 5.74) is 1.88. The Balaban J connectivity index is 0.00000200. The molecule has 0 aliphatic carbocycles. The van der Waals surface area contributed by atoms with Crippen LogP contribution in [0.4, 0.5) is 0 Å². The van der Waals surface area contributed by atoms with E-state index in [0.29, 0.717) is 12.2 Å². The number of rotatable bonds is 4. The number of carbonyl (C=O) groups excluding carboxylic acids is 1. The lowest BCUT2D eigenvalue weighted by molar-refractivity contribution is 0.0525. The van der Waals surface area contributed by atoms with E-state index in [0.717, 1.165) is 36.3 Å². The second-order valence-electron chi connectivity index (χ2n) is 4.53. The Morgan fingerprint density at radius 2 is 2.10 bits per heavy atom. The Morgan fingerprint density at radius 1 is 1.40 bits per heavy atom. The van der Waals surface area contributed by atoms with Gasteiger partial charge < -0.3 is 10.1 Å². The monoisotopic (exact) mass is 410 g/mol. The number of piperazine rings is 1. The quantitative estimate of drug-likeness (QED) is 0.611. The number of benzene rings is 1. The average molecular weight is 411 g/mol. The number of nitrogens with zero attached hydrogens (tertiary/aromatic N) is 1. The van der Waals surface area contributed by atoms with E-state index in [1.807, 2.05) is 19.1 Å². The number of hydrogen-bond donors (Lipinski definition) is 1. The normalized spacial score (nSPS) is 15.5. The zero-order chi connectivity index (χ0) is 13.7. The van der Waals surface area contributed by atoms with Gasteiger partial charge in [0, 0.05) is 36.3 Å². The van der Waals surface area contributed by atoms with Gasteiger partial charge in [-0.25, -0.2) is 4.79 Å². The first-order valence-electron chi connectivity index (χ1n) is 6.60. The predicted octanol–water partition coefficient (Wildman–Crippen LogP) is 2.29. The molecule has 1 saturated heterocycles. The fraction of sp³-hybridized carbons (Fsp3) is 0.500. The summed E-state index contributed by atoms with van der Waals surface area (Å²) < 4.78 is 6.10. The van der Waals surface area contributed by atoms with Gasteiger partial charge in [-0.1, -0.05) is 12.1 Å². The van der Waals surface area contributed by atoms with Crippen LogP contribution in [0.1, 0.15) is 22.8 Å². The highest BCUT2D eigenvalue weighted by Gasteiger charge is 2.16. The van der Waals surface area contributed by atoms with E-state index in [1.54, 1.807) is 0 Å². The van der Waals surface area contributed by atoms with Gasteiger partial charge in [-0.3, -0.25) is 4.90 Å². The lowest BCUT2D eigenvalue weighted by Gasteiger charge is -2.27. The first-order chi connectivity index (χ1) is 9.22. The zero-order valence-corrected chi connectivity index (χ0v) is 14.5. The summed E-state index contributed by atoms with van der Waals surface area (Å²) in [4.78, 5) is 14.3. The maximum atomic E-state index is 11.9. The number of esters is 1. The molecule has 0 atom stereocenters. The molecule has 112 valence electrons. The van der Waals surface area contributed by atoms with Crippen LogP contribution in [0.2, 0.25) is 0 Å². The summed E-state index contributed by atoms with van der Waals surface area (Å²) in [6.45, 7) is 7.32. The van der Waals surface area contributed by atoms with Crippen molar-refractivity contribution < 1.29 is 9.53 Å². The van der Waals surface area contributed by atoms with Crippen LogP contribution in [0.5, 0.6) is 0 Å².